The number of carbonyl (C=O) groups excluding carboxylic acids is 1. The van der Waals surface area contributed by atoms with Crippen molar-refractivity contribution in [3.8, 4) is 11.4 Å². The Hall–Kier alpha value is -1.66. The Morgan fingerprint density at radius 3 is 2.92 bits per heavy atom. The summed E-state index contributed by atoms with van der Waals surface area (Å²) in [5.41, 5.74) is 3.66. The van der Waals surface area contributed by atoms with Crippen molar-refractivity contribution in [1.82, 2.24) is 14.9 Å². The Balaban J connectivity index is 1.96. The molecule has 6 heteroatoms. The van der Waals surface area contributed by atoms with Crippen LogP contribution in [0, 0.1) is 13.8 Å². The number of nitrogens with zero attached hydrogens (tertiary/aromatic N) is 2. The predicted octanol–water partition coefficient (Wildman–Crippen LogP) is 3.94. The molecule has 1 amide bonds. The Morgan fingerprint density at radius 1 is 1.52 bits per heavy atom. The normalized spacial score (nSPS) is 18.5. The summed E-state index contributed by atoms with van der Waals surface area (Å²) < 4.78 is 8.02. The highest BCUT2D eigenvalue weighted by Crippen LogP contribution is 2.29. The van der Waals surface area contributed by atoms with Gasteiger partial charge in [-0.3, -0.25) is 4.79 Å². The zero-order valence-electron chi connectivity index (χ0n) is 15.5. The van der Waals surface area contributed by atoms with Crippen LogP contribution in [0.3, 0.4) is 0 Å². The van der Waals surface area contributed by atoms with Crippen molar-refractivity contribution >= 4 is 17.2 Å². The highest BCUT2D eigenvalue weighted by Gasteiger charge is 2.24. The third-order valence-electron chi connectivity index (χ3n) is 4.89. The summed E-state index contributed by atoms with van der Waals surface area (Å²) in [6.07, 6.45) is 3.31. The molecule has 1 aliphatic rings. The molecular weight excluding hydrogens is 334 g/mol. The predicted molar refractivity (Wildman–Crippen MR) is 101 cm³/mol. The van der Waals surface area contributed by atoms with E-state index < -0.39 is 0 Å². The summed E-state index contributed by atoms with van der Waals surface area (Å²) in [5, 5.41) is 6.17. The van der Waals surface area contributed by atoms with Crippen LogP contribution < -0.4 is 5.32 Å². The Morgan fingerprint density at radius 2 is 2.32 bits per heavy atom. The maximum absolute atomic E-state index is 12.7. The number of hydrogen-bond donors (Lipinski definition) is 1. The number of thiazole rings is 1. The summed E-state index contributed by atoms with van der Waals surface area (Å²) in [6.45, 7) is 9.73. The zero-order valence-corrected chi connectivity index (χ0v) is 16.3. The molecule has 3 rings (SSSR count). The van der Waals surface area contributed by atoms with Gasteiger partial charge in [-0.15, -0.1) is 11.3 Å². The molecule has 0 radical (unpaired) electrons. The van der Waals surface area contributed by atoms with Crippen molar-refractivity contribution in [3.05, 3.63) is 27.7 Å². The first kappa shape index (κ1) is 18.1. The van der Waals surface area contributed by atoms with Crippen LogP contribution in [0.4, 0.5) is 0 Å². The standard InChI is InChI=1S/C19H27N3O2S/c1-5-12(2)20-19(23)16-9-18(17-11-25-14(4)21-17)22(13(16)3)10-15-7-6-8-24-15/h9,11-12,15H,5-8,10H2,1-4H3,(H,20,23). The maximum atomic E-state index is 12.7. The molecule has 0 aliphatic carbocycles. The highest BCUT2D eigenvalue weighted by molar-refractivity contribution is 7.09. The fraction of sp³-hybridized carbons (Fsp3) is 0.579. The zero-order chi connectivity index (χ0) is 18.0. The molecule has 3 heterocycles. The van der Waals surface area contributed by atoms with E-state index in [1.165, 1.54) is 0 Å². The van der Waals surface area contributed by atoms with Gasteiger partial charge in [0.05, 0.1) is 28.1 Å². The minimum Gasteiger partial charge on any atom is -0.376 e. The number of nitrogens with one attached hydrogen (secondary N) is 1. The quantitative estimate of drug-likeness (QED) is 0.848. The lowest BCUT2D eigenvalue weighted by Crippen LogP contribution is -2.32. The molecule has 1 N–H and O–H groups in total. The molecule has 2 unspecified atom stereocenters. The van der Waals surface area contributed by atoms with Crippen LogP contribution in [-0.4, -0.2) is 34.2 Å². The van der Waals surface area contributed by atoms with Crippen molar-refractivity contribution in [2.24, 2.45) is 0 Å². The molecule has 1 aliphatic heterocycles. The average Bonchev–Trinajstić information content (AvgIpc) is 3.30. The second-order valence-corrected chi connectivity index (χ2v) is 7.87. The fourth-order valence-corrected chi connectivity index (χ4v) is 3.81. The van der Waals surface area contributed by atoms with Gasteiger partial charge >= 0.3 is 0 Å². The maximum Gasteiger partial charge on any atom is 0.253 e. The van der Waals surface area contributed by atoms with Crippen molar-refractivity contribution in [2.75, 3.05) is 6.61 Å². The average molecular weight is 362 g/mol. The molecule has 2 aromatic rings. The summed E-state index contributed by atoms with van der Waals surface area (Å²) in [6, 6.07) is 2.15. The third-order valence-corrected chi connectivity index (χ3v) is 5.67. The van der Waals surface area contributed by atoms with Crippen LogP contribution in [0.5, 0.6) is 0 Å². The van der Waals surface area contributed by atoms with Gasteiger partial charge in [-0.2, -0.15) is 0 Å². The van der Waals surface area contributed by atoms with Crippen molar-refractivity contribution in [1.29, 1.82) is 0 Å². The van der Waals surface area contributed by atoms with Gasteiger partial charge in [0.25, 0.3) is 5.91 Å². The first-order valence-electron chi connectivity index (χ1n) is 9.04. The SMILES string of the molecule is CCC(C)NC(=O)c1cc(-c2csc(C)n2)n(CC2CCCO2)c1C. The second-order valence-electron chi connectivity index (χ2n) is 6.81. The van der Waals surface area contributed by atoms with E-state index in [1.807, 2.05) is 26.8 Å². The molecule has 5 nitrogen and oxygen atoms in total. The Labute approximate surface area is 153 Å². The molecule has 136 valence electrons. The number of carbonyl (C=O) groups is 1. The van der Waals surface area contributed by atoms with Crippen LogP contribution in [0.1, 0.15) is 54.2 Å². The number of hydrogen-bond acceptors (Lipinski definition) is 4. The third kappa shape index (κ3) is 3.96. The van der Waals surface area contributed by atoms with Crippen molar-refractivity contribution < 1.29 is 9.53 Å². The van der Waals surface area contributed by atoms with Crippen molar-refractivity contribution in [2.45, 2.75) is 65.6 Å². The molecule has 25 heavy (non-hydrogen) atoms. The Bertz CT molecular complexity index is 744. The van der Waals surface area contributed by atoms with Crippen LogP contribution in [0.2, 0.25) is 0 Å². The molecule has 1 fully saturated rings. The number of rotatable bonds is 6. The molecule has 0 bridgehead atoms. The van der Waals surface area contributed by atoms with Crippen LogP contribution >= 0.6 is 11.3 Å². The summed E-state index contributed by atoms with van der Waals surface area (Å²) in [5.74, 6) is -0.00820. The van der Waals surface area contributed by atoms with E-state index in [4.69, 9.17) is 4.74 Å². The van der Waals surface area contributed by atoms with Gasteiger partial charge in [-0.1, -0.05) is 6.92 Å². The molecule has 0 saturated carbocycles. The topological polar surface area (TPSA) is 56.2 Å². The van der Waals surface area contributed by atoms with Gasteiger partial charge in [0.2, 0.25) is 0 Å². The minimum atomic E-state index is -0.00820. The monoisotopic (exact) mass is 361 g/mol. The lowest BCUT2D eigenvalue weighted by atomic mass is 10.2. The van der Waals surface area contributed by atoms with E-state index in [0.29, 0.717) is 0 Å². The van der Waals surface area contributed by atoms with Gasteiger partial charge in [0, 0.05) is 30.3 Å². The van der Waals surface area contributed by atoms with E-state index in [1.54, 1.807) is 11.3 Å². The van der Waals surface area contributed by atoms with Crippen molar-refractivity contribution in [3.63, 3.8) is 0 Å². The van der Waals surface area contributed by atoms with Gasteiger partial charge in [0.15, 0.2) is 0 Å². The lowest BCUT2D eigenvalue weighted by Gasteiger charge is -2.16. The molecule has 1 saturated heterocycles. The van der Waals surface area contributed by atoms with Gasteiger partial charge in [-0.05, 0) is 46.1 Å². The van der Waals surface area contributed by atoms with E-state index in [0.717, 1.165) is 60.1 Å². The summed E-state index contributed by atoms with van der Waals surface area (Å²) >= 11 is 1.63. The number of ether oxygens (including phenoxy) is 1. The van der Waals surface area contributed by atoms with Crippen LogP contribution in [-0.2, 0) is 11.3 Å². The van der Waals surface area contributed by atoms with Gasteiger partial charge < -0.3 is 14.6 Å². The highest BCUT2D eigenvalue weighted by atomic mass is 32.1. The smallest absolute Gasteiger partial charge is 0.253 e. The van der Waals surface area contributed by atoms with Gasteiger partial charge in [0.1, 0.15) is 0 Å². The first-order chi connectivity index (χ1) is 12.0. The fourth-order valence-electron chi connectivity index (χ4n) is 3.20. The number of amides is 1. The first-order valence-corrected chi connectivity index (χ1v) is 9.92. The molecule has 2 aromatic heterocycles. The van der Waals surface area contributed by atoms with Gasteiger partial charge in [-0.25, -0.2) is 4.98 Å². The molecule has 0 aromatic carbocycles. The molecule has 0 spiro atoms. The molecular formula is C19H27N3O2S. The largest absolute Gasteiger partial charge is 0.376 e. The number of aryl methyl sites for hydroxylation is 1. The van der Waals surface area contributed by atoms with E-state index in [2.05, 4.69) is 27.2 Å². The minimum absolute atomic E-state index is 0.00820. The van der Waals surface area contributed by atoms with E-state index >= 15 is 0 Å². The van der Waals surface area contributed by atoms with E-state index in [9.17, 15) is 4.79 Å². The summed E-state index contributed by atoms with van der Waals surface area (Å²) in [7, 11) is 0. The lowest BCUT2D eigenvalue weighted by molar-refractivity contribution is 0.0930. The van der Waals surface area contributed by atoms with E-state index in [-0.39, 0.29) is 18.1 Å². The molecule has 2 atom stereocenters. The number of aromatic nitrogens is 2. The van der Waals surface area contributed by atoms with Crippen LogP contribution in [0.15, 0.2) is 11.4 Å². The second kappa shape index (κ2) is 7.70. The van der Waals surface area contributed by atoms with Crippen LogP contribution in [0.25, 0.3) is 11.4 Å². The Kier molecular flexibility index (Phi) is 5.59. The summed E-state index contributed by atoms with van der Waals surface area (Å²) in [4.78, 5) is 17.3.